The molecule has 2 aromatic carbocycles. The van der Waals surface area contributed by atoms with Crippen molar-refractivity contribution in [2.75, 3.05) is 45.7 Å². The lowest BCUT2D eigenvalue weighted by Gasteiger charge is -2.10. The van der Waals surface area contributed by atoms with Gasteiger partial charge in [0.2, 0.25) is 5.95 Å². The number of benzene rings is 2. The number of thiol groups is 1. The first-order valence-electron chi connectivity index (χ1n) is 19.1. The number of nitrogens with one attached hydrogen (secondary N) is 2. The van der Waals surface area contributed by atoms with E-state index in [1.807, 2.05) is 18.2 Å². The van der Waals surface area contributed by atoms with E-state index < -0.39 is 18.6 Å². The number of ether oxygens (including phenoxy) is 1. The van der Waals surface area contributed by atoms with E-state index in [2.05, 4.69) is 59.3 Å². The second-order valence-electron chi connectivity index (χ2n) is 13.7. The third-order valence-electron chi connectivity index (χ3n) is 8.77. The molecule has 0 amide bonds. The van der Waals surface area contributed by atoms with Gasteiger partial charge >= 0.3 is 12.1 Å². The number of alkyl halides is 3. The van der Waals surface area contributed by atoms with E-state index in [1.165, 1.54) is 81.4 Å². The first-order chi connectivity index (χ1) is 25.5. The Kier molecular flexibility index (Phi) is 20.4. The Morgan fingerprint density at radius 2 is 1.53 bits per heavy atom. The summed E-state index contributed by atoms with van der Waals surface area (Å²) in [4.78, 5) is 22.5. The molecule has 4 aromatic rings. The Morgan fingerprint density at radius 3 is 2.19 bits per heavy atom. The number of anilines is 2. The number of thiazole rings is 1. The highest BCUT2D eigenvalue weighted by atomic mass is 32.1. The molecule has 2 heterocycles. The summed E-state index contributed by atoms with van der Waals surface area (Å²) >= 11 is 5.90. The van der Waals surface area contributed by atoms with Crippen molar-refractivity contribution in [3.05, 3.63) is 42.0 Å². The van der Waals surface area contributed by atoms with Gasteiger partial charge in [-0.1, -0.05) is 108 Å². The van der Waals surface area contributed by atoms with Gasteiger partial charge in [0.25, 0.3) is 0 Å². The Bertz CT molecular complexity index is 1630. The first-order valence-corrected chi connectivity index (χ1v) is 20.4. The van der Waals surface area contributed by atoms with Crippen LogP contribution in [0.1, 0.15) is 120 Å². The highest BCUT2D eigenvalue weighted by Gasteiger charge is 2.25. The number of carboxylic acid groups (broad SMARTS) is 1. The van der Waals surface area contributed by atoms with Gasteiger partial charge in [-0.2, -0.15) is 13.2 Å². The largest absolute Gasteiger partial charge is 0.494 e. The van der Waals surface area contributed by atoms with Crippen LogP contribution in [0.3, 0.4) is 0 Å². The average molecular weight is 781 g/mol. The standard InChI is InChI=1S/C25H27F3N4O3S2.C14H32N2/c26-25(27,28)12-6-4-2-1-3-5-7-13-35-17-9-10-18-21(15-17)37-24(30-18)31-23-29-19-14-16(22(33)34)8-11-20(19)32(23)36;1-4-5-6-7-8-9-10-11-12-15-13-14-16(2)3/h8-11,14-15,36H,1-7,12-13H2,(H,33,34)(H,29,30,31);15H,4-14H2,1-3H3. The molecule has 0 unspecified atom stereocenters. The number of halogens is 3. The number of aromatic nitrogens is 3. The smallest absolute Gasteiger partial charge is 0.389 e. The number of rotatable bonds is 25. The summed E-state index contributed by atoms with van der Waals surface area (Å²) in [6.07, 6.45) is 12.0. The molecule has 0 bridgehead atoms. The number of hydrogen-bond donors (Lipinski definition) is 4. The van der Waals surface area contributed by atoms with Crippen molar-refractivity contribution in [1.29, 1.82) is 0 Å². The number of aromatic carboxylic acids is 1. The number of likely N-dealkylation sites (N-methyl/N-ethyl adjacent to an activating group) is 1. The van der Waals surface area contributed by atoms with Crippen LogP contribution in [0, 0.1) is 0 Å². The van der Waals surface area contributed by atoms with Crippen LogP contribution in [0.15, 0.2) is 36.4 Å². The van der Waals surface area contributed by atoms with Gasteiger partial charge in [0.05, 0.1) is 33.4 Å². The van der Waals surface area contributed by atoms with Gasteiger partial charge in [0, 0.05) is 19.5 Å². The van der Waals surface area contributed by atoms with Crippen molar-refractivity contribution in [3.8, 4) is 5.75 Å². The van der Waals surface area contributed by atoms with Gasteiger partial charge in [0.15, 0.2) is 5.13 Å². The molecular formula is C39H59F3N6O3S2. The van der Waals surface area contributed by atoms with Crippen LogP contribution in [0.4, 0.5) is 24.3 Å². The number of carbonyl (C=O) groups is 1. The van der Waals surface area contributed by atoms with Crippen LogP contribution in [0.25, 0.3) is 21.3 Å². The van der Waals surface area contributed by atoms with E-state index in [9.17, 15) is 23.1 Å². The monoisotopic (exact) mass is 780 g/mol. The van der Waals surface area contributed by atoms with Crippen LogP contribution in [0.2, 0.25) is 0 Å². The summed E-state index contributed by atoms with van der Waals surface area (Å²) in [7, 11) is 4.25. The number of fused-ring (bicyclic) bond motifs is 2. The van der Waals surface area contributed by atoms with E-state index >= 15 is 0 Å². The minimum absolute atomic E-state index is 0.151. The van der Waals surface area contributed by atoms with Crippen molar-refractivity contribution in [2.24, 2.45) is 0 Å². The van der Waals surface area contributed by atoms with Crippen molar-refractivity contribution in [3.63, 3.8) is 0 Å². The van der Waals surface area contributed by atoms with E-state index in [-0.39, 0.29) is 12.0 Å². The van der Waals surface area contributed by atoms with Crippen LogP contribution in [-0.4, -0.2) is 76.4 Å². The first kappa shape index (κ1) is 44.3. The second kappa shape index (κ2) is 24.4. The predicted molar refractivity (Wildman–Crippen MR) is 216 cm³/mol. The highest BCUT2D eigenvalue weighted by molar-refractivity contribution is 7.79. The Hall–Kier alpha value is -3.07. The van der Waals surface area contributed by atoms with Crippen LogP contribution in [-0.2, 0) is 0 Å². The lowest BCUT2D eigenvalue weighted by atomic mass is 10.1. The maximum absolute atomic E-state index is 12.1. The number of carboxylic acids is 1. The van der Waals surface area contributed by atoms with Gasteiger partial charge in [-0.15, -0.1) is 0 Å². The predicted octanol–water partition coefficient (Wildman–Crippen LogP) is 11.1. The van der Waals surface area contributed by atoms with Crippen molar-refractivity contribution < 1.29 is 27.8 Å². The molecular weight excluding hydrogens is 722 g/mol. The molecule has 0 fully saturated rings. The summed E-state index contributed by atoms with van der Waals surface area (Å²) in [5.74, 6) is 0.155. The van der Waals surface area contributed by atoms with Crippen molar-refractivity contribution in [2.45, 2.75) is 116 Å². The summed E-state index contributed by atoms with van der Waals surface area (Å²) in [6.45, 7) is 6.33. The van der Waals surface area contributed by atoms with Crippen LogP contribution in [0.5, 0.6) is 5.75 Å². The zero-order valence-electron chi connectivity index (χ0n) is 31.6. The molecule has 4 rings (SSSR count). The molecule has 2 aromatic heterocycles. The molecule has 3 N–H and O–H groups in total. The van der Waals surface area contributed by atoms with Crippen LogP contribution >= 0.6 is 24.2 Å². The SMILES string of the molecule is CCCCCCCCCCNCCN(C)C.O=C(O)c1ccc2c(c1)nc(Nc1nc3ccc(OCCCCCCCCCC(F)(F)F)cc3s1)n2S. The normalized spacial score (nSPS) is 11.7. The molecule has 0 aliphatic carbocycles. The van der Waals surface area contributed by atoms with E-state index in [4.69, 9.17) is 4.74 Å². The fraction of sp³-hybridized carbons (Fsp3) is 0.615. The maximum atomic E-state index is 12.1. The molecule has 53 heavy (non-hydrogen) atoms. The van der Waals surface area contributed by atoms with Crippen molar-refractivity contribution in [1.82, 2.24) is 24.2 Å². The maximum Gasteiger partial charge on any atom is 0.389 e. The molecule has 0 radical (unpaired) electrons. The topological polar surface area (TPSA) is 105 Å². The number of hydrogen-bond acceptors (Lipinski definition) is 9. The third-order valence-corrected chi connectivity index (χ3v) is 10.1. The Morgan fingerprint density at radius 1 is 0.868 bits per heavy atom. The highest BCUT2D eigenvalue weighted by Crippen LogP contribution is 2.32. The van der Waals surface area contributed by atoms with Gasteiger partial charge in [-0.25, -0.2) is 14.8 Å². The zero-order chi connectivity index (χ0) is 38.5. The Labute approximate surface area is 322 Å². The molecule has 296 valence electrons. The lowest BCUT2D eigenvalue weighted by molar-refractivity contribution is -0.135. The molecule has 9 nitrogen and oxygen atoms in total. The summed E-state index contributed by atoms with van der Waals surface area (Å²) < 4.78 is 44.7. The lowest BCUT2D eigenvalue weighted by Crippen LogP contribution is -2.27. The molecule has 0 aliphatic rings. The molecule has 14 heteroatoms. The van der Waals surface area contributed by atoms with Gasteiger partial charge in [0.1, 0.15) is 5.75 Å². The molecule has 0 saturated heterocycles. The summed E-state index contributed by atoms with van der Waals surface area (Å²) in [6, 6.07) is 10.3. The number of nitrogens with zero attached hydrogens (tertiary/aromatic N) is 4. The van der Waals surface area contributed by atoms with Crippen molar-refractivity contribution >= 4 is 62.5 Å². The van der Waals surface area contributed by atoms with E-state index in [0.717, 1.165) is 61.2 Å². The minimum Gasteiger partial charge on any atom is -0.494 e. The zero-order valence-corrected chi connectivity index (χ0v) is 33.4. The quantitative estimate of drug-likeness (QED) is 0.0389. The summed E-state index contributed by atoms with van der Waals surface area (Å²) in [5.41, 5.74) is 2.14. The molecule has 0 aliphatic heterocycles. The van der Waals surface area contributed by atoms with E-state index in [0.29, 0.717) is 35.1 Å². The minimum atomic E-state index is -4.04. The van der Waals surface area contributed by atoms with Crippen LogP contribution < -0.4 is 15.4 Å². The van der Waals surface area contributed by atoms with Gasteiger partial charge < -0.3 is 25.4 Å². The third kappa shape index (κ3) is 17.7. The molecule has 0 atom stereocenters. The van der Waals surface area contributed by atoms with Gasteiger partial charge in [-0.05, 0) is 76.3 Å². The fourth-order valence-electron chi connectivity index (χ4n) is 5.74. The van der Waals surface area contributed by atoms with E-state index in [1.54, 1.807) is 10.0 Å². The van der Waals surface area contributed by atoms with Gasteiger partial charge in [-0.3, -0.25) is 3.97 Å². The summed E-state index contributed by atoms with van der Waals surface area (Å²) in [5, 5.41) is 16.4. The molecule has 0 spiro atoms. The molecule has 0 saturated carbocycles. The number of imidazole rings is 1. The second-order valence-corrected chi connectivity index (χ2v) is 15.2. The fourth-order valence-corrected chi connectivity index (χ4v) is 6.89. The Balaban J connectivity index is 0.000000399. The average Bonchev–Trinajstić information content (AvgIpc) is 3.66. The number of unbranched alkanes of at least 4 members (excludes halogenated alkanes) is 13.